The Bertz CT molecular complexity index is 717. The molecule has 1 aliphatic carbocycles. The van der Waals surface area contributed by atoms with Crippen LogP contribution in [0, 0.1) is 17.2 Å². The van der Waals surface area contributed by atoms with Gasteiger partial charge in [-0.15, -0.1) is 10.2 Å². The van der Waals surface area contributed by atoms with Crippen molar-refractivity contribution in [1.82, 2.24) is 19.9 Å². The molecular formula is C14H15N5OS. The fourth-order valence-corrected chi connectivity index (χ4v) is 2.98. The molecule has 1 N–H and O–H groups in total. The Morgan fingerprint density at radius 1 is 1.57 bits per heavy atom. The van der Waals surface area contributed by atoms with Crippen molar-refractivity contribution in [2.24, 2.45) is 5.92 Å². The van der Waals surface area contributed by atoms with Crippen LogP contribution in [0.15, 0.2) is 29.6 Å². The molecule has 1 fully saturated rings. The van der Waals surface area contributed by atoms with E-state index in [-0.39, 0.29) is 17.6 Å². The van der Waals surface area contributed by atoms with Crippen LogP contribution in [-0.4, -0.2) is 31.8 Å². The second-order valence-corrected chi connectivity index (χ2v) is 6.28. The standard InChI is InChI=1S/C14H15N5OS/c1-14(9-15,10-5-6-10)16-12(20)8-21-13-18-17-11-4-2-3-7-19(11)13/h2-4,7,10H,5-6,8H2,1H3,(H,16,20)/t14-/m0/s1. The number of aromatic nitrogens is 3. The lowest BCUT2D eigenvalue weighted by Crippen LogP contribution is -2.47. The van der Waals surface area contributed by atoms with Crippen LogP contribution in [0.25, 0.3) is 5.65 Å². The predicted octanol–water partition coefficient (Wildman–Crippen LogP) is 1.63. The molecule has 108 valence electrons. The largest absolute Gasteiger partial charge is 0.337 e. The molecule has 6 nitrogen and oxygen atoms in total. The van der Waals surface area contributed by atoms with Crippen LogP contribution < -0.4 is 5.32 Å². The van der Waals surface area contributed by atoms with Gasteiger partial charge >= 0.3 is 0 Å². The first-order valence-electron chi connectivity index (χ1n) is 6.77. The zero-order valence-electron chi connectivity index (χ0n) is 11.6. The molecule has 7 heteroatoms. The normalized spacial score (nSPS) is 17.1. The number of thioether (sulfide) groups is 1. The van der Waals surface area contributed by atoms with Gasteiger partial charge in [-0.3, -0.25) is 9.20 Å². The molecule has 1 aliphatic rings. The Morgan fingerprint density at radius 2 is 2.38 bits per heavy atom. The van der Waals surface area contributed by atoms with Gasteiger partial charge in [0.15, 0.2) is 10.8 Å². The highest BCUT2D eigenvalue weighted by Gasteiger charge is 2.42. The van der Waals surface area contributed by atoms with E-state index in [0.29, 0.717) is 5.16 Å². The molecule has 21 heavy (non-hydrogen) atoms. The average molecular weight is 301 g/mol. The van der Waals surface area contributed by atoms with E-state index < -0.39 is 5.54 Å². The van der Waals surface area contributed by atoms with E-state index in [1.165, 1.54) is 11.8 Å². The molecule has 0 aliphatic heterocycles. The van der Waals surface area contributed by atoms with Gasteiger partial charge in [0, 0.05) is 6.20 Å². The van der Waals surface area contributed by atoms with Gasteiger partial charge in [0.25, 0.3) is 0 Å². The van der Waals surface area contributed by atoms with Crippen LogP contribution in [0.2, 0.25) is 0 Å². The highest BCUT2D eigenvalue weighted by Crippen LogP contribution is 2.39. The van der Waals surface area contributed by atoms with Crippen LogP contribution in [0.1, 0.15) is 19.8 Å². The Kier molecular flexibility index (Phi) is 3.55. The quantitative estimate of drug-likeness (QED) is 0.849. The van der Waals surface area contributed by atoms with Crippen molar-refractivity contribution in [2.75, 3.05) is 5.75 Å². The summed E-state index contributed by atoms with van der Waals surface area (Å²) in [4.78, 5) is 12.0. The summed E-state index contributed by atoms with van der Waals surface area (Å²) < 4.78 is 1.84. The number of nitriles is 1. The number of rotatable bonds is 5. The smallest absolute Gasteiger partial charge is 0.231 e. The van der Waals surface area contributed by atoms with E-state index in [0.717, 1.165) is 18.5 Å². The van der Waals surface area contributed by atoms with Gasteiger partial charge in [-0.2, -0.15) is 5.26 Å². The number of pyridine rings is 1. The molecule has 2 aromatic heterocycles. The van der Waals surface area contributed by atoms with Crippen LogP contribution in [0.5, 0.6) is 0 Å². The predicted molar refractivity (Wildman–Crippen MR) is 78.6 cm³/mol. The highest BCUT2D eigenvalue weighted by atomic mass is 32.2. The first-order valence-corrected chi connectivity index (χ1v) is 7.76. The molecule has 2 aromatic rings. The summed E-state index contributed by atoms with van der Waals surface area (Å²) >= 11 is 1.32. The molecule has 0 unspecified atom stereocenters. The summed E-state index contributed by atoms with van der Waals surface area (Å²) in [5.74, 6) is 0.355. The van der Waals surface area contributed by atoms with Gasteiger partial charge in [-0.05, 0) is 37.8 Å². The van der Waals surface area contributed by atoms with Crippen LogP contribution >= 0.6 is 11.8 Å². The summed E-state index contributed by atoms with van der Waals surface area (Å²) in [7, 11) is 0. The fraction of sp³-hybridized carbons (Fsp3) is 0.429. The molecule has 1 atom stereocenters. The molecule has 1 amide bonds. The third-order valence-corrected chi connectivity index (χ3v) is 4.58. The maximum Gasteiger partial charge on any atom is 0.231 e. The Balaban J connectivity index is 1.62. The Morgan fingerprint density at radius 3 is 3.10 bits per heavy atom. The van der Waals surface area contributed by atoms with E-state index in [1.807, 2.05) is 28.8 Å². The first-order chi connectivity index (χ1) is 10.1. The van der Waals surface area contributed by atoms with Gasteiger partial charge in [0.05, 0.1) is 11.8 Å². The lowest BCUT2D eigenvalue weighted by atomic mass is 9.98. The lowest BCUT2D eigenvalue weighted by molar-refractivity contribution is -0.119. The maximum atomic E-state index is 12.0. The van der Waals surface area contributed by atoms with Crippen LogP contribution in [-0.2, 0) is 4.79 Å². The zero-order chi connectivity index (χ0) is 14.9. The molecular weight excluding hydrogens is 286 g/mol. The van der Waals surface area contributed by atoms with Crippen molar-refractivity contribution in [3.05, 3.63) is 24.4 Å². The minimum atomic E-state index is -0.745. The number of hydrogen-bond acceptors (Lipinski definition) is 5. The molecule has 3 rings (SSSR count). The monoisotopic (exact) mass is 301 g/mol. The van der Waals surface area contributed by atoms with E-state index >= 15 is 0 Å². The summed E-state index contributed by atoms with van der Waals surface area (Å²) in [5, 5.41) is 20.8. The van der Waals surface area contributed by atoms with E-state index in [1.54, 1.807) is 6.92 Å². The molecule has 0 aromatic carbocycles. The van der Waals surface area contributed by atoms with Gasteiger partial charge in [0.1, 0.15) is 5.54 Å². The second-order valence-electron chi connectivity index (χ2n) is 5.34. The third kappa shape index (κ3) is 2.85. The molecule has 0 bridgehead atoms. The first kappa shape index (κ1) is 13.9. The lowest BCUT2D eigenvalue weighted by Gasteiger charge is -2.22. The maximum absolute atomic E-state index is 12.0. The van der Waals surface area contributed by atoms with E-state index in [2.05, 4.69) is 21.6 Å². The van der Waals surface area contributed by atoms with Crippen molar-refractivity contribution in [1.29, 1.82) is 5.26 Å². The number of nitrogens with zero attached hydrogens (tertiary/aromatic N) is 4. The summed E-state index contributed by atoms with van der Waals surface area (Å²) in [6, 6.07) is 7.86. The summed E-state index contributed by atoms with van der Waals surface area (Å²) in [6.07, 6.45) is 3.87. The van der Waals surface area contributed by atoms with Gasteiger partial charge < -0.3 is 5.32 Å². The number of hydrogen-bond donors (Lipinski definition) is 1. The zero-order valence-corrected chi connectivity index (χ0v) is 12.4. The molecule has 0 saturated heterocycles. The number of carbonyl (C=O) groups is 1. The third-order valence-electron chi connectivity index (χ3n) is 3.64. The van der Waals surface area contributed by atoms with Crippen molar-refractivity contribution < 1.29 is 4.79 Å². The van der Waals surface area contributed by atoms with Gasteiger partial charge in [-0.25, -0.2) is 0 Å². The highest BCUT2D eigenvalue weighted by molar-refractivity contribution is 7.99. The average Bonchev–Trinajstić information content (AvgIpc) is 3.27. The Hall–Kier alpha value is -2.07. The molecule has 2 heterocycles. The van der Waals surface area contributed by atoms with Gasteiger partial charge in [0.2, 0.25) is 5.91 Å². The van der Waals surface area contributed by atoms with E-state index in [9.17, 15) is 10.1 Å². The molecule has 0 radical (unpaired) electrons. The SMILES string of the molecule is C[C@@](C#N)(NC(=O)CSc1nnc2ccccn12)C1CC1. The minimum absolute atomic E-state index is 0.149. The number of nitrogens with one attached hydrogen (secondary N) is 1. The van der Waals surface area contributed by atoms with Crippen LogP contribution in [0.3, 0.4) is 0 Å². The fourth-order valence-electron chi connectivity index (χ4n) is 2.26. The second kappa shape index (κ2) is 5.37. The number of carbonyl (C=O) groups excluding carboxylic acids is 1. The van der Waals surface area contributed by atoms with Crippen molar-refractivity contribution in [3.63, 3.8) is 0 Å². The van der Waals surface area contributed by atoms with Crippen molar-refractivity contribution in [2.45, 2.75) is 30.5 Å². The minimum Gasteiger partial charge on any atom is -0.337 e. The topological polar surface area (TPSA) is 83.1 Å². The van der Waals surface area contributed by atoms with E-state index in [4.69, 9.17) is 0 Å². The molecule has 0 spiro atoms. The summed E-state index contributed by atoms with van der Waals surface area (Å²) in [5.41, 5.74) is 0.00475. The van der Waals surface area contributed by atoms with Crippen molar-refractivity contribution in [3.8, 4) is 6.07 Å². The van der Waals surface area contributed by atoms with Gasteiger partial charge in [-0.1, -0.05) is 17.8 Å². The Labute approximate surface area is 126 Å². The summed E-state index contributed by atoms with van der Waals surface area (Å²) in [6.45, 7) is 1.79. The molecule has 1 saturated carbocycles. The van der Waals surface area contributed by atoms with Crippen LogP contribution in [0.4, 0.5) is 0 Å². The number of amides is 1. The number of fused-ring (bicyclic) bond motifs is 1. The van der Waals surface area contributed by atoms with Crippen molar-refractivity contribution >= 4 is 23.3 Å².